The largest absolute Gasteiger partial charge is 0.491 e. The number of hydrogen-bond donors (Lipinski definition) is 1. The highest BCUT2D eigenvalue weighted by atomic mass is 16.5. The van der Waals surface area contributed by atoms with E-state index in [1.165, 1.54) is 13.4 Å². The molecule has 1 aromatic heterocycles. The fourth-order valence-corrected chi connectivity index (χ4v) is 1.89. The Morgan fingerprint density at radius 2 is 2.10 bits per heavy atom. The lowest BCUT2D eigenvalue weighted by Crippen LogP contribution is -2.07. The Kier molecular flexibility index (Phi) is 5.26. The lowest BCUT2D eigenvalue weighted by molar-refractivity contribution is 0.0563. The highest BCUT2D eigenvalue weighted by molar-refractivity contribution is 5.87. The van der Waals surface area contributed by atoms with Crippen molar-refractivity contribution in [3.05, 3.63) is 47.9 Å². The zero-order valence-electron chi connectivity index (χ0n) is 12.2. The fourth-order valence-electron chi connectivity index (χ4n) is 1.89. The first-order valence-corrected chi connectivity index (χ1v) is 6.86. The molecular weight excluding hydrogens is 270 g/mol. The van der Waals surface area contributed by atoms with E-state index in [-0.39, 0.29) is 5.76 Å². The van der Waals surface area contributed by atoms with Crippen LogP contribution in [0.25, 0.3) is 0 Å². The number of furan rings is 1. The molecule has 0 atom stereocenters. The van der Waals surface area contributed by atoms with E-state index in [1.54, 1.807) is 6.07 Å². The number of hydrogen-bond acceptors (Lipinski definition) is 5. The third kappa shape index (κ3) is 3.78. The molecule has 1 N–H and O–H groups in total. The maximum Gasteiger partial charge on any atom is 0.374 e. The van der Waals surface area contributed by atoms with E-state index in [1.807, 2.05) is 24.3 Å². The van der Waals surface area contributed by atoms with Crippen molar-refractivity contribution < 1.29 is 18.7 Å². The number of anilines is 1. The van der Waals surface area contributed by atoms with Crippen LogP contribution in [0, 0.1) is 0 Å². The van der Waals surface area contributed by atoms with Gasteiger partial charge in [-0.15, -0.1) is 0 Å². The number of carbonyl (C=O) groups is 1. The summed E-state index contributed by atoms with van der Waals surface area (Å²) >= 11 is 0. The summed E-state index contributed by atoms with van der Waals surface area (Å²) in [5.74, 6) is 0.534. The molecule has 0 radical (unpaired) electrons. The van der Waals surface area contributed by atoms with Crippen LogP contribution in [0.1, 0.15) is 29.5 Å². The molecule has 2 aromatic rings. The summed E-state index contributed by atoms with van der Waals surface area (Å²) in [5.41, 5.74) is 1.62. The van der Waals surface area contributed by atoms with Gasteiger partial charge in [-0.2, -0.15) is 0 Å². The first-order chi connectivity index (χ1) is 10.3. The summed E-state index contributed by atoms with van der Waals surface area (Å²) in [6.07, 6.45) is 2.42. The van der Waals surface area contributed by atoms with Gasteiger partial charge in [0, 0.05) is 12.1 Å². The average Bonchev–Trinajstić information content (AvgIpc) is 2.99. The zero-order chi connectivity index (χ0) is 15.1. The topological polar surface area (TPSA) is 60.7 Å². The lowest BCUT2D eigenvalue weighted by atomic mass is 10.2. The average molecular weight is 289 g/mol. The van der Waals surface area contributed by atoms with Crippen molar-refractivity contribution in [2.45, 2.75) is 19.9 Å². The number of ether oxygens (including phenoxy) is 2. The molecule has 0 aliphatic rings. The van der Waals surface area contributed by atoms with Crippen LogP contribution in [0.3, 0.4) is 0 Å². The van der Waals surface area contributed by atoms with Crippen molar-refractivity contribution in [3.63, 3.8) is 0 Å². The van der Waals surface area contributed by atoms with Crippen LogP contribution in [0.15, 0.2) is 41.0 Å². The van der Waals surface area contributed by atoms with E-state index in [0.29, 0.717) is 13.2 Å². The zero-order valence-corrected chi connectivity index (χ0v) is 12.2. The third-order valence-corrected chi connectivity index (χ3v) is 2.94. The molecule has 0 fully saturated rings. The second kappa shape index (κ2) is 7.38. The van der Waals surface area contributed by atoms with Gasteiger partial charge in [0.2, 0.25) is 5.76 Å². The lowest BCUT2D eigenvalue weighted by Gasteiger charge is -2.12. The molecule has 21 heavy (non-hydrogen) atoms. The molecule has 0 amide bonds. The predicted molar refractivity (Wildman–Crippen MR) is 79.6 cm³/mol. The van der Waals surface area contributed by atoms with Crippen LogP contribution in [0.5, 0.6) is 5.75 Å². The SMILES string of the molecule is CCCOc1ccccc1NCc1ccoc1C(=O)OC. The monoisotopic (exact) mass is 289 g/mol. The van der Waals surface area contributed by atoms with Crippen molar-refractivity contribution in [2.75, 3.05) is 19.0 Å². The molecule has 1 aromatic carbocycles. The van der Waals surface area contributed by atoms with Gasteiger partial charge in [0.1, 0.15) is 5.75 Å². The van der Waals surface area contributed by atoms with Crippen molar-refractivity contribution in [1.82, 2.24) is 0 Å². The molecule has 112 valence electrons. The number of esters is 1. The van der Waals surface area contributed by atoms with E-state index in [4.69, 9.17) is 9.15 Å². The van der Waals surface area contributed by atoms with Gasteiger partial charge in [-0.1, -0.05) is 19.1 Å². The Hall–Kier alpha value is -2.43. The maximum absolute atomic E-state index is 11.5. The van der Waals surface area contributed by atoms with Gasteiger partial charge in [0.15, 0.2) is 0 Å². The van der Waals surface area contributed by atoms with E-state index in [0.717, 1.165) is 23.4 Å². The Morgan fingerprint density at radius 3 is 2.86 bits per heavy atom. The summed E-state index contributed by atoms with van der Waals surface area (Å²) in [6.45, 7) is 3.18. The molecule has 0 unspecified atom stereocenters. The molecule has 0 spiro atoms. The molecule has 1 heterocycles. The van der Waals surface area contributed by atoms with Gasteiger partial charge in [-0.05, 0) is 24.6 Å². The number of benzene rings is 1. The number of rotatable bonds is 7. The Balaban J connectivity index is 2.06. The second-order valence-corrected chi connectivity index (χ2v) is 4.46. The normalized spacial score (nSPS) is 10.2. The first kappa shape index (κ1) is 15.0. The predicted octanol–water partition coefficient (Wildman–Crippen LogP) is 3.47. The van der Waals surface area contributed by atoms with Crippen LogP contribution < -0.4 is 10.1 Å². The molecule has 5 heteroatoms. The van der Waals surface area contributed by atoms with E-state index >= 15 is 0 Å². The van der Waals surface area contributed by atoms with E-state index in [2.05, 4.69) is 17.0 Å². The van der Waals surface area contributed by atoms with Crippen molar-refractivity contribution in [2.24, 2.45) is 0 Å². The maximum atomic E-state index is 11.5. The minimum absolute atomic E-state index is 0.219. The smallest absolute Gasteiger partial charge is 0.374 e. The summed E-state index contributed by atoms with van der Waals surface area (Å²) in [4.78, 5) is 11.5. The molecule has 0 saturated carbocycles. The summed E-state index contributed by atoms with van der Waals surface area (Å²) < 4.78 is 15.5. The molecule has 0 saturated heterocycles. The van der Waals surface area contributed by atoms with Gasteiger partial charge >= 0.3 is 5.97 Å². The Morgan fingerprint density at radius 1 is 1.29 bits per heavy atom. The van der Waals surface area contributed by atoms with E-state index < -0.39 is 5.97 Å². The van der Waals surface area contributed by atoms with Crippen LogP contribution in [-0.2, 0) is 11.3 Å². The van der Waals surface area contributed by atoms with Gasteiger partial charge in [0.05, 0.1) is 25.7 Å². The molecule has 0 aliphatic heterocycles. The van der Waals surface area contributed by atoms with Crippen LogP contribution in [-0.4, -0.2) is 19.7 Å². The Bertz CT molecular complexity index is 591. The van der Waals surface area contributed by atoms with Gasteiger partial charge in [-0.25, -0.2) is 4.79 Å². The van der Waals surface area contributed by atoms with Crippen molar-refractivity contribution in [3.8, 4) is 5.75 Å². The van der Waals surface area contributed by atoms with Gasteiger partial charge in [0.25, 0.3) is 0 Å². The van der Waals surface area contributed by atoms with Crippen LogP contribution in [0.2, 0.25) is 0 Å². The van der Waals surface area contributed by atoms with Crippen molar-refractivity contribution in [1.29, 1.82) is 0 Å². The molecule has 0 bridgehead atoms. The first-order valence-electron chi connectivity index (χ1n) is 6.86. The van der Waals surface area contributed by atoms with Gasteiger partial charge < -0.3 is 19.2 Å². The quantitative estimate of drug-likeness (QED) is 0.791. The molecular formula is C16H19NO4. The standard InChI is InChI=1S/C16H19NO4/c1-3-9-20-14-7-5-4-6-13(14)17-11-12-8-10-21-15(12)16(18)19-2/h4-8,10,17H,3,9,11H2,1-2H3. The summed E-state index contributed by atoms with van der Waals surface area (Å²) in [7, 11) is 1.33. The summed E-state index contributed by atoms with van der Waals surface area (Å²) in [5, 5.41) is 3.25. The van der Waals surface area contributed by atoms with E-state index in [9.17, 15) is 4.79 Å². The third-order valence-electron chi connectivity index (χ3n) is 2.94. The molecule has 5 nitrogen and oxygen atoms in total. The van der Waals surface area contributed by atoms with Crippen LogP contribution >= 0.6 is 0 Å². The minimum Gasteiger partial charge on any atom is -0.491 e. The van der Waals surface area contributed by atoms with Crippen LogP contribution in [0.4, 0.5) is 5.69 Å². The van der Waals surface area contributed by atoms with Crippen molar-refractivity contribution >= 4 is 11.7 Å². The number of methoxy groups -OCH3 is 1. The highest BCUT2D eigenvalue weighted by Crippen LogP contribution is 2.25. The number of para-hydroxylation sites is 2. The second-order valence-electron chi connectivity index (χ2n) is 4.46. The highest BCUT2D eigenvalue weighted by Gasteiger charge is 2.15. The number of nitrogens with one attached hydrogen (secondary N) is 1. The minimum atomic E-state index is -0.479. The molecule has 2 rings (SSSR count). The van der Waals surface area contributed by atoms with Gasteiger partial charge in [-0.3, -0.25) is 0 Å². The summed E-state index contributed by atoms with van der Waals surface area (Å²) in [6, 6.07) is 9.44. The Labute approximate surface area is 123 Å². The molecule has 0 aliphatic carbocycles. The number of carbonyl (C=O) groups excluding carboxylic acids is 1. The fraction of sp³-hybridized carbons (Fsp3) is 0.312.